The van der Waals surface area contributed by atoms with Crippen LogP contribution in [-0.4, -0.2) is 44.3 Å². The van der Waals surface area contributed by atoms with Crippen molar-refractivity contribution in [3.63, 3.8) is 0 Å². The van der Waals surface area contributed by atoms with Crippen LogP contribution in [0.1, 0.15) is 31.9 Å². The summed E-state index contributed by atoms with van der Waals surface area (Å²) < 4.78 is 29.4. The van der Waals surface area contributed by atoms with Crippen LogP contribution in [0.15, 0.2) is 88.2 Å². The minimum Gasteiger partial charge on any atom is -0.354 e. The van der Waals surface area contributed by atoms with Crippen molar-refractivity contribution >= 4 is 43.5 Å². The van der Waals surface area contributed by atoms with Gasteiger partial charge < -0.3 is 10.2 Å². The third-order valence-electron chi connectivity index (χ3n) is 6.03. The number of amides is 2. The number of nitrogens with one attached hydrogen (secondary N) is 1. The third-order valence-corrected chi connectivity index (χ3v) is 8.31. The molecule has 0 saturated carbocycles. The van der Waals surface area contributed by atoms with Crippen LogP contribution in [0.5, 0.6) is 0 Å². The molecule has 3 rings (SSSR count). The molecule has 3 aromatic rings. The lowest BCUT2D eigenvalue weighted by Gasteiger charge is -2.32. The smallest absolute Gasteiger partial charge is 0.264 e. The number of halogens is 1. The van der Waals surface area contributed by atoms with E-state index in [1.807, 2.05) is 51.1 Å². The van der Waals surface area contributed by atoms with Crippen LogP contribution in [0.2, 0.25) is 0 Å². The molecule has 0 radical (unpaired) electrons. The molecular weight excluding hydrogens is 566 g/mol. The van der Waals surface area contributed by atoms with Crippen molar-refractivity contribution in [2.45, 2.75) is 45.2 Å². The zero-order valence-corrected chi connectivity index (χ0v) is 24.5. The molecular formula is C29H34BrN3O4S. The van der Waals surface area contributed by atoms with Crippen molar-refractivity contribution in [2.24, 2.45) is 5.92 Å². The van der Waals surface area contributed by atoms with E-state index >= 15 is 0 Å². The van der Waals surface area contributed by atoms with Gasteiger partial charge in [-0.05, 0) is 55.7 Å². The van der Waals surface area contributed by atoms with Gasteiger partial charge in [-0.2, -0.15) is 0 Å². The lowest BCUT2D eigenvalue weighted by atomic mass is 10.1. The maximum absolute atomic E-state index is 13.9. The molecule has 0 heterocycles. The summed E-state index contributed by atoms with van der Waals surface area (Å²) in [7, 11) is -4.09. The van der Waals surface area contributed by atoms with E-state index in [-0.39, 0.29) is 23.3 Å². The number of carbonyl (C=O) groups excluding carboxylic acids is 2. The van der Waals surface area contributed by atoms with E-state index in [2.05, 4.69) is 21.2 Å². The molecule has 0 fully saturated rings. The van der Waals surface area contributed by atoms with Gasteiger partial charge in [0.1, 0.15) is 12.6 Å². The molecule has 7 nitrogen and oxygen atoms in total. The molecule has 38 heavy (non-hydrogen) atoms. The number of rotatable bonds is 11. The second kappa shape index (κ2) is 13.1. The highest BCUT2D eigenvalue weighted by Crippen LogP contribution is 2.27. The average Bonchev–Trinajstić information content (AvgIpc) is 2.89. The highest BCUT2D eigenvalue weighted by molar-refractivity contribution is 9.10. The summed E-state index contributed by atoms with van der Waals surface area (Å²) in [6, 6.07) is 21.8. The van der Waals surface area contributed by atoms with Crippen molar-refractivity contribution in [1.82, 2.24) is 10.2 Å². The summed E-state index contributed by atoms with van der Waals surface area (Å²) in [6.45, 7) is 7.68. The van der Waals surface area contributed by atoms with Crippen LogP contribution in [-0.2, 0) is 26.2 Å². The van der Waals surface area contributed by atoms with Crippen LogP contribution < -0.4 is 9.62 Å². The van der Waals surface area contributed by atoms with E-state index in [0.29, 0.717) is 16.7 Å². The number of nitrogens with zero attached hydrogens (tertiary/aromatic N) is 2. The van der Waals surface area contributed by atoms with Crippen LogP contribution in [0.4, 0.5) is 5.69 Å². The molecule has 9 heteroatoms. The van der Waals surface area contributed by atoms with E-state index < -0.39 is 28.5 Å². The number of aryl methyl sites for hydroxylation is 1. The molecule has 2 amide bonds. The second-order valence-corrected chi connectivity index (χ2v) is 12.4. The van der Waals surface area contributed by atoms with Gasteiger partial charge in [-0.1, -0.05) is 83.9 Å². The number of benzene rings is 3. The van der Waals surface area contributed by atoms with Crippen molar-refractivity contribution in [2.75, 3.05) is 17.4 Å². The monoisotopic (exact) mass is 599 g/mol. The maximum Gasteiger partial charge on any atom is 0.264 e. The largest absolute Gasteiger partial charge is 0.354 e. The molecule has 0 spiro atoms. The Morgan fingerprint density at radius 2 is 1.58 bits per heavy atom. The van der Waals surface area contributed by atoms with Crippen LogP contribution in [0.3, 0.4) is 0 Å². The first kappa shape index (κ1) is 29.4. The summed E-state index contributed by atoms with van der Waals surface area (Å²) >= 11 is 3.40. The number of hydrogen-bond donors (Lipinski definition) is 1. The SMILES string of the molecule is Cc1ccc(S(=O)(=O)N(CC(=O)N(Cc2ccccc2)C(C)C(=O)NCC(C)C)c2cccc(Br)c2)cc1. The Morgan fingerprint density at radius 1 is 0.921 bits per heavy atom. The summed E-state index contributed by atoms with van der Waals surface area (Å²) in [5.41, 5.74) is 2.09. The Labute approximate surface area is 234 Å². The highest BCUT2D eigenvalue weighted by atomic mass is 79.9. The number of hydrogen-bond acceptors (Lipinski definition) is 4. The summed E-state index contributed by atoms with van der Waals surface area (Å²) in [5, 5.41) is 2.89. The number of carbonyl (C=O) groups is 2. The predicted molar refractivity (Wildman–Crippen MR) is 154 cm³/mol. The average molecular weight is 601 g/mol. The summed E-state index contributed by atoms with van der Waals surface area (Å²) in [4.78, 5) is 28.4. The van der Waals surface area contributed by atoms with Crippen LogP contribution >= 0.6 is 15.9 Å². The van der Waals surface area contributed by atoms with E-state index in [1.165, 1.54) is 17.0 Å². The third kappa shape index (κ3) is 7.68. The second-order valence-electron chi connectivity index (χ2n) is 9.63. The quantitative estimate of drug-likeness (QED) is 0.330. The van der Waals surface area contributed by atoms with E-state index in [4.69, 9.17) is 0 Å². The predicted octanol–water partition coefficient (Wildman–Crippen LogP) is 5.14. The first-order valence-corrected chi connectivity index (χ1v) is 14.7. The van der Waals surface area contributed by atoms with Gasteiger partial charge in [0, 0.05) is 17.6 Å². The van der Waals surface area contributed by atoms with Crippen molar-refractivity contribution in [1.29, 1.82) is 0 Å². The molecule has 1 unspecified atom stereocenters. The molecule has 0 aromatic heterocycles. The van der Waals surface area contributed by atoms with Crippen LogP contribution in [0.25, 0.3) is 0 Å². The van der Waals surface area contributed by atoms with Gasteiger partial charge in [-0.25, -0.2) is 8.42 Å². The van der Waals surface area contributed by atoms with Gasteiger partial charge in [-0.15, -0.1) is 0 Å². The first-order valence-electron chi connectivity index (χ1n) is 12.4. The molecule has 3 aromatic carbocycles. The summed E-state index contributed by atoms with van der Waals surface area (Å²) in [6.07, 6.45) is 0. The van der Waals surface area contributed by atoms with Gasteiger partial charge in [-0.3, -0.25) is 13.9 Å². The Balaban J connectivity index is 2.00. The van der Waals surface area contributed by atoms with E-state index in [9.17, 15) is 18.0 Å². The lowest BCUT2D eigenvalue weighted by Crippen LogP contribution is -2.51. The minimum absolute atomic E-state index is 0.0770. The molecule has 202 valence electrons. The van der Waals surface area contributed by atoms with Gasteiger partial charge >= 0.3 is 0 Å². The zero-order valence-electron chi connectivity index (χ0n) is 22.1. The molecule has 1 N–H and O–H groups in total. The maximum atomic E-state index is 13.9. The molecule has 1 atom stereocenters. The Bertz CT molecular complexity index is 1350. The molecule has 0 aliphatic rings. The molecule has 0 bridgehead atoms. The Kier molecular flexibility index (Phi) is 10.1. The van der Waals surface area contributed by atoms with Crippen molar-refractivity contribution in [3.05, 3.63) is 94.5 Å². The van der Waals surface area contributed by atoms with Crippen molar-refractivity contribution < 1.29 is 18.0 Å². The fraction of sp³-hybridized carbons (Fsp3) is 0.310. The molecule has 0 aliphatic carbocycles. The van der Waals surface area contributed by atoms with E-state index in [0.717, 1.165) is 15.4 Å². The van der Waals surface area contributed by atoms with Gasteiger partial charge in [0.2, 0.25) is 11.8 Å². The number of sulfonamides is 1. The fourth-order valence-electron chi connectivity index (χ4n) is 3.81. The summed E-state index contributed by atoms with van der Waals surface area (Å²) in [5.74, 6) is -0.536. The lowest BCUT2D eigenvalue weighted by molar-refractivity contribution is -0.139. The zero-order chi connectivity index (χ0) is 27.9. The van der Waals surface area contributed by atoms with Crippen LogP contribution in [0, 0.1) is 12.8 Å². The van der Waals surface area contributed by atoms with Gasteiger partial charge in [0.25, 0.3) is 10.0 Å². The Hall–Kier alpha value is -3.17. The number of anilines is 1. The first-order chi connectivity index (χ1) is 18.0. The fourth-order valence-corrected chi connectivity index (χ4v) is 5.61. The van der Waals surface area contributed by atoms with E-state index in [1.54, 1.807) is 43.3 Å². The Morgan fingerprint density at radius 3 is 2.18 bits per heavy atom. The molecule has 0 aliphatic heterocycles. The van der Waals surface area contributed by atoms with Gasteiger partial charge in [0.15, 0.2) is 0 Å². The topological polar surface area (TPSA) is 86.8 Å². The molecule has 0 saturated heterocycles. The highest BCUT2D eigenvalue weighted by Gasteiger charge is 2.32. The van der Waals surface area contributed by atoms with Crippen molar-refractivity contribution in [3.8, 4) is 0 Å². The van der Waals surface area contributed by atoms with Gasteiger partial charge in [0.05, 0.1) is 10.6 Å². The minimum atomic E-state index is -4.09. The normalized spacial score (nSPS) is 12.2. The standard InChI is InChI=1S/C29H34BrN3O4S/c1-21(2)18-31-29(35)23(4)32(19-24-9-6-5-7-10-24)28(34)20-33(26-12-8-11-25(30)17-26)38(36,37)27-15-13-22(3)14-16-27/h5-17,21,23H,18-20H2,1-4H3,(H,31,35).